The molecule has 1 aromatic heterocycles. The molecule has 3 aromatic rings. The number of ether oxygens (including phenoxy) is 2. The number of aromatic nitrogens is 3. The lowest BCUT2D eigenvalue weighted by atomic mass is 10.2. The molecule has 0 aliphatic carbocycles. The van der Waals surface area contributed by atoms with Gasteiger partial charge in [-0.05, 0) is 37.6 Å². The molecule has 1 N–H and O–H groups in total. The maximum Gasteiger partial charge on any atom is 0.250 e. The number of hydrogen-bond acceptors (Lipinski definition) is 7. The fourth-order valence-electron chi connectivity index (χ4n) is 2.74. The lowest BCUT2D eigenvalue weighted by Gasteiger charge is -2.13. The van der Waals surface area contributed by atoms with Crippen molar-refractivity contribution in [3.05, 3.63) is 54.1 Å². The number of nitrogens with zero attached hydrogens (tertiary/aromatic N) is 4. The topological polar surface area (TPSA) is 90.6 Å². The highest BCUT2D eigenvalue weighted by Gasteiger charge is 2.12. The zero-order chi connectivity index (χ0) is 22.2. The van der Waals surface area contributed by atoms with Gasteiger partial charge in [0.2, 0.25) is 0 Å². The van der Waals surface area contributed by atoms with Crippen molar-refractivity contribution < 1.29 is 14.3 Å². The zero-order valence-corrected chi connectivity index (χ0v) is 18.7. The SMILES string of the molecule is COc1cc(/C=N\NC(=O)CSc2nnc(-c3ccccc3)n2C)ccc1OC(C)C. The molecule has 0 unspecified atom stereocenters. The van der Waals surface area contributed by atoms with E-state index in [1.54, 1.807) is 19.4 Å². The van der Waals surface area contributed by atoms with Gasteiger partial charge in [0, 0.05) is 12.6 Å². The van der Waals surface area contributed by atoms with Crippen LogP contribution in [0.25, 0.3) is 11.4 Å². The number of hydrogen-bond donors (Lipinski definition) is 1. The largest absolute Gasteiger partial charge is 0.493 e. The third-order valence-corrected chi connectivity index (χ3v) is 5.17. The molecule has 3 rings (SSSR count). The molecule has 2 aromatic carbocycles. The first-order valence-electron chi connectivity index (χ1n) is 9.72. The summed E-state index contributed by atoms with van der Waals surface area (Å²) in [7, 11) is 3.46. The predicted molar refractivity (Wildman–Crippen MR) is 122 cm³/mol. The molecule has 9 heteroatoms. The first kappa shape index (κ1) is 22.4. The molecule has 8 nitrogen and oxygen atoms in total. The van der Waals surface area contributed by atoms with Crippen LogP contribution in [0.5, 0.6) is 11.5 Å². The number of hydrazone groups is 1. The average Bonchev–Trinajstić information content (AvgIpc) is 3.13. The van der Waals surface area contributed by atoms with E-state index in [-0.39, 0.29) is 17.8 Å². The molecule has 1 amide bonds. The second-order valence-electron chi connectivity index (χ2n) is 6.89. The molecule has 1 heterocycles. The summed E-state index contributed by atoms with van der Waals surface area (Å²) >= 11 is 1.30. The standard InChI is InChI=1S/C22H25N5O3S/c1-15(2)30-18-11-10-16(12-19(18)29-4)13-23-24-20(28)14-31-22-26-25-21(27(22)3)17-8-6-5-7-9-17/h5-13,15H,14H2,1-4H3,(H,24,28)/b23-13-. The molecule has 0 fully saturated rings. The Hall–Kier alpha value is -3.33. The Kier molecular flexibility index (Phi) is 7.66. The number of carbonyl (C=O) groups excluding carboxylic acids is 1. The van der Waals surface area contributed by atoms with Crippen molar-refractivity contribution in [1.29, 1.82) is 0 Å². The van der Waals surface area contributed by atoms with Crippen LogP contribution in [0, 0.1) is 0 Å². The summed E-state index contributed by atoms with van der Waals surface area (Å²) in [5.41, 5.74) is 4.27. The van der Waals surface area contributed by atoms with Gasteiger partial charge in [0.1, 0.15) is 0 Å². The lowest BCUT2D eigenvalue weighted by molar-refractivity contribution is -0.118. The minimum Gasteiger partial charge on any atom is -0.493 e. The number of thioether (sulfide) groups is 1. The van der Waals surface area contributed by atoms with E-state index in [2.05, 4.69) is 20.7 Å². The Morgan fingerprint density at radius 3 is 2.68 bits per heavy atom. The fourth-order valence-corrected chi connectivity index (χ4v) is 3.44. The summed E-state index contributed by atoms with van der Waals surface area (Å²) in [5.74, 6) is 1.95. The van der Waals surface area contributed by atoms with Gasteiger partial charge >= 0.3 is 0 Å². The van der Waals surface area contributed by atoms with E-state index in [0.29, 0.717) is 16.7 Å². The maximum atomic E-state index is 12.1. The molecule has 0 aliphatic heterocycles. The smallest absolute Gasteiger partial charge is 0.250 e. The van der Waals surface area contributed by atoms with Gasteiger partial charge in [-0.2, -0.15) is 5.10 Å². The monoisotopic (exact) mass is 439 g/mol. The number of rotatable bonds is 9. The van der Waals surface area contributed by atoms with Crippen molar-refractivity contribution in [2.45, 2.75) is 25.1 Å². The van der Waals surface area contributed by atoms with Crippen molar-refractivity contribution >= 4 is 23.9 Å². The summed E-state index contributed by atoms with van der Waals surface area (Å²) in [6.45, 7) is 3.90. The first-order valence-corrected chi connectivity index (χ1v) is 10.7. The average molecular weight is 440 g/mol. The van der Waals surface area contributed by atoms with E-state index in [9.17, 15) is 4.79 Å². The van der Waals surface area contributed by atoms with Gasteiger partial charge in [-0.3, -0.25) is 4.79 Å². The highest BCUT2D eigenvalue weighted by molar-refractivity contribution is 7.99. The molecule has 162 valence electrons. The Morgan fingerprint density at radius 2 is 1.97 bits per heavy atom. The van der Waals surface area contributed by atoms with Gasteiger partial charge in [-0.1, -0.05) is 42.1 Å². The molecular formula is C22H25N5O3S. The van der Waals surface area contributed by atoms with Gasteiger partial charge in [-0.15, -0.1) is 10.2 Å². The predicted octanol–water partition coefficient (Wildman–Crippen LogP) is 3.52. The number of nitrogens with one attached hydrogen (secondary N) is 1. The maximum absolute atomic E-state index is 12.1. The van der Waals surface area contributed by atoms with Crippen LogP contribution in [0.4, 0.5) is 0 Å². The van der Waals surface area contributed by atoms with Crippen LogP contribution in [0.1, 0.15) is 19.4 Å². The van der Waals surface area contributed by atoms with Crippen LogP contribution >= 0.6 is 11.8 Å². The molecule has 0 aliphatic rings. The third kappa shape index (κ3) is 6.08. The van der Waals surface area contributed by atoms with Crippen molar-refractivity contribution in [2.75, 3.05) is 12.9 Å². The summed E-state index contributed by atoms with van der Waals surface area (Å²) in [5, 5.41) is 13.1. The van der Waals surface area contributed by atoms with Gasteiger partial charge in [0.25, 0.3) is 5.91 Å². The zero-order valence-electron chi connectivity index (χ0n) is 17.9. The van der Waals surface area contributed by atoms with E-state index in [4.69, 9.17) is 9.47 Å². The van der Waals surface area contributed by atoms with Crippen LogP contribution in [0.2, 0.25) is 0 Å². The highest BCUT2D eigenvalue weighted by atomic mass is 32.2. The van der Waals surface area contributed by atoms with Crippen molar-refractivity contribution in [3.8, 4) is 22.9 Å². The Bertz CT molecular complexity index is 1050. The van der Waals surface area contributed by atoms with Crippen molar-refractivity contribution in [1.82, 2.24) is 20.2 Å². The molecule has 0 bridgehead atoms. The van der Waals surface area contributed by atoms with Crippen LogP contribution in [-0.4, -0.2) is 45.9 Å². The fraction of sp³-hybridized carbons (Fsp3) is 0.273. The third-order valence-electron chi connectivity index (χ3n) is 4.15. The second-order valence-corrected chi connectivity index (χ2v) is 7.83. The van der Waals surface area contributed by atoms with E-state index < -0.39 is 0 Å². The van der Waals surface area contributed by atoms with Crippen LogP contribution in [0.15, 0.2) is 58.8 Å². The van der Waals surface area contributed by atoms with Crippen molar-refractivity contribution in [2.24, 2.45) is 12.1 Å². The molecule has 0 saturated heterocycles. The van der Waals surface area contributed by atoms with Gasteiger partial charge < -0.3 is 14.0 Å². The number of methoxy groups -OCH3 is 1. The minimum atomic E-state index is -0.239. The highest BCUT2D eigenvalue weighted by Crippen LogP contribution is 2.28. The number of benzene rings is 2. The summed E-state index contributed by atoms with van der Waals surface area (Å²) in [6.07, 6.45) is 1.60. The molecule has 31 heavy (non-hydrogen) atoms. The summed E-state index contributed by atoms with van der Waals surface area (Å²) in [6, 6.07) is 15.2. The van der Waals surface area contributed by atoms with Crippen LogP contribution in [0.3, 0.4) is 0 Å². The Morgan fingerprint density at radius 1 is 1.19 bits per heavy atom. The normalized spacial score (nSPS) is 11.1. The Balaban J connectivity index is 1.54. The lowest BCUT2D eigenvalue weighted by Crippen LogP contribution is -2.19. The molecule has 0 spiro atoms. The number of amides is 1. The minimum absolute atomic E-state index is 0.0443. The molecular weight excluding hydrogens is 414 g/mol. The summed E-state index contributed by atoms with van der Waals surface area (Å²) < 4.78 is 12.9. The van der Waals surface area contributed by atoms with Crippen LogP contribution < -0.4 is 14.9 Å². The van der Waals surface area contributed by atoms with E-state index >= 15 is 0 Å². The van der Waals surface area contributed by atoms with Crippen LogP contribution in [-0.2, 0) is 11.8 Å². The molecule has 0 radical (unpaired) electrons. The van der Waals surface area contributed by atoms with Gasteiger partial charge in [0.15, 0.2) is 22.5 Å². The molecule has 0 atom stereocenters. The second kappa shape index (κ2) is 10.6. The number of carbonyl (C=O) groups is 1. The quantitative estimate of drug-likeness (QED) is 0.312. The van der Waals surface area contributed by atoms with Gasteiger partial charge in [0.05, 0.1) is 25.2 Å². The molecule has 0 saturated carbocycles. The van der Waals surface area contributed by atoms with E-state index in [0.717, 1.165) is 17.0 Å². The Labute approximate surface area is 185 Å². The van der Waals surface area contributed by atoms with E-state index in [1.165, 1.54) is 11.8 Å². The van der Waals surface area contributed by atoms with Crippen molar-refractivity contribution in [3.63, 3.8) is 0 Å². The van der Waals surface area contributed by atoms with Gasteiger partial charge in [-0.25, -0.2) is 5.43 Å². The summed E-state index contributed by atoms with van der Waals surface area (Å²) in [4.78, 5) is 12.1. The van der Waals surface area contributed by atoms with E-state index in [1.807, 2.05) is 67.9 Å². The first-order chi connectivity index (χ1) is 15.0.